The number of carbonyl (C=O) groups is 2. The number of carbonyl (C=O) groups excluding carboxylic acids is 2. The molecule has 0 spiro atoms. The standard InChI is InChI=1S/C47H60O10/c48-44(23-13-34-9-17-38(18-10-34)52-27-7-3-1-5-25-50-30-40-32-54-40)56-42-21-22-43(47-37-16-15-36(29-37)46(42)47)57-45(49)24-14-35-11-19-39(20-12-35)53-28-8-4-2-6-26-51-31-41-33-55-41/h9-12,17-22,36-37,40-41H,1-8,13-16,23-33H2. The van der Waals surface area contributed by atoms with Gasteiger partial charge >= 0.3 is 11.9 Å². The summed E-state index contributed by atoms with van der Waals surface area (Å²) >= 11 is 0. The summed E-state index contributed by atoms with van der Waals surface area (Å²) in [5, 5.41) is 0. The van der Waals surface area contributed by atoms with E-state index in [9.17, 15) is 9.59 Å². The van der Waals surface area contributed by atoms with Crippen molar-refractivity contribution in [2.24, 2.45) is 0 Å². The number of epoxide rings is 2. The Morgan fingerprint density at radius 3 is 1.33 bits per heavy atom. The second kappa shape index (κ2) is 21.7. The van der Waals surface area contributed by atoms with Crippen molar-refractivity contribution in [1.82, 2.24) is 0 Å². The smallest absolute Gasteiger partial charge is 0.311 e. The Balaban J connectivity index is 0.784. The topological polar surface area (TPSA) is 115 Å². The molecular weight excluding hydrogens is 725 g/mol. The second-order valence-corrected chi connectivity index (χ2v) is 15.9. The number of benzene rings is 3. The van der Waals surface area contributed by atoms with E-state index in [2.05, 4.69) is 0 Å². The fourth-order valence-electron chi connectivity index (χ4n) is 7.92. The zero-order valence-corrected chi connectivity index (χ0v) is 33.4. The van der Waals surface area contributed by atoms with Gasteiger partial charge in [-0.25, -0.2) is 0 Å². The molecule has 10 heteroatoms. The summed E-state index contributed by atoms with van der Waals surface area (Å²) in [7, 11) is 0. The molecule has 2 aliphatic heterocycles. The Hall–Kier alpha value is -3.96. The van der Waals surface area contributed by atoms with E-state index < -0.39 is 0 Å². The maximum atomic E-state index is 13.1. The van der Waals surface area contributed by atoms with Crippen LogP contribution in [-0.2, 0) is 41.4 Å². The van der Waals surface area contributed by atoms with Gasteiger partial charge in [-0.15, -0.1) is 0 Å². The molecule has 0 aromatic heterocycles. The average molecular weight is 785 g/mol. The van der Waals surface area contributed by atoms with Crippen molar-refractivity contribution in [1.29, 1.82) is 0 Å². The minimum Gasteiger partial charge on any atom is -0.494 e. The third-order valence-corrected chi connectivity index (χ3v) is 11.3. The zero-order valence-electron chi connectivity index (χ0n) is 33.4. The van der Waals surface area contributed by atoms with E-state index in [0.29, 0.717) is 61.6 Å². The number of aryl methyl sites for hydroxylation is 2. The molecule has 3 fully saturated rings. The summed E-state index contributed by atoms with van der Waals surface area (Å²) in [4.78, 5) is 26.1. The Morgan fingerprint density at radius 2 is 0.930 bits per heavy atom. The van der Waals surface area contributed by atoms with E-state index in [4.69, 9.17) is 37.9 Å². The van der Waals surface area contributed by atoms with Crippen molar-refractivity contribution in [3.63, 3.8) is 0 Å². The SMILES string of the molecule is O=C(CCc1ccc(OCCCCCCOCC2CO2)cc1)Oc1ccc(OC(=O)CCc2ccc(OCCCCCCOCC3CO3)cc2)c2c1C1CCC2C1. The lowest BCUT2D eigenvalue weighted by atomic mass is 9.90. The predicted octanol–water partition coefficient (Wildman–Crippen LogP) is 8.84. The van der Waals surface area contributed by atoms with Gasteiger partial charge in [0, 0.05) is 37.2 Å². The minimum absolute atomic E-state index is 0.260. The number of ether oxygens (including phenoxy) is 8. The van der Waals surface area contributed by atoms with Gasteiger partial charge in [-0.05, 0) is 130 Å². The maximum absolute atomic E-state index is 13.1. The second-order valence-electron chi connectivity index (χ2n) is 15.9. The monoisotopic (exact) mass is 784 g/mol. The molecule has 4 aliphatic rings. The highest BCUT2D eigenvalue weighted by atomic mass is 16.6. The molecule has 0 N–H and O–H groups in total. The molecule has 3 aromatic carbocycles. The molecule has 2 heterocycles. The quantitative estimate of drug-likeness (QED) is 0.0306. The van der Waals surface area contributed by atoms with E-state index in [-0.39, 0.29) is 24.8 Å². The molecule has 4 unspecified atom stereocenters. The first-order valence-corrected chi connectivity index (χ1v) is 21.5. The lowest BCUT2D eigenvalue weighted by Crippen LogP contribution is -2.14. The fraction of sp³-hybridized carbons (Fsp3) is 0.574. The van der Waals surface area contributed by atoms with Gasteiger partial charge in [0.05, 0.1) is 39.6 Å². The number of esters is 2. The summed E-state index contributed by atoms with van der Waals surface area (Å²) in [6.45, 7) is 6.11. The molecule has 2 aliphatic carbocycles. The van der Waals surface area contributed by atoms with Gasteiger partial charge in [0.1, 0.15) is 35.2 Å². The van der Waals surface area contributed by atoms with Gasteiger partial charge in [-0.1, -0.05) is 37.1 Å². The van der Waals surface area contributed by atoms with Crippen molar-refractivity contribution in [2.45, 2.75) is 120 Å². The minimum atomic E-state index is -0.260. The number of fused-ring (bicyclic) bond motifs is 5. The molecule has 10 nitrogen and oxygen atoms in total. The van der Waals surface area contributed by atoms with Crippen molar-refractivity contribution in [3.8, 4) is 23.0 Å². The molecule has 3 aromatic rings. The van der Waals surface area contributed by atoms with Gasteiger partial charge < -0.3 is 37.9 Å². The number of rotatable bonds is 28. The van der Waals surface area contributed by atoms with E-state index >= 15 is 0 Å². The largest absolute Gasteiger partial charge is 0.494 e. The summed E-state index contributed by atoms with van der Waals surface area (Å²) < 4.78 is 45.3. The van der Waals surface area contributed by atoms with Crippen LogP contribution in [0.1, 0.15) is 118 Å². The molecule has 4 atom stereocenters. The Bertz CT molecular complexity index is 1570. The molecule has 0 radical (unpaired) electrons. The van der Waals surface area contributed by atoms with Gasteiger partial charge in [0.2, 0.25) is 0 Å². The first-order chi connectivity index (χ1) is 28.1. The summed E-state index contributed by atoms with van der Waals surface area (Å²) in [5.74, 6) is 3.04. The van der Waals surface area contributed by atoms with E-state index in [0.717, 1.165) is 144 Å². The van der Waals surface area contributed by atoms with Crippen LogP contribution in [0.25, 0.3) is 0 Å². The van der Waals surface area contributed by atoms with Gasteiger partial charge in [-0.2, -0.15) is 0 Å². The lowest BCUT2D eigenvalue weighted by Gasteiger charge is -2.21. The average Bonchev–Trinajstić information content (AvgIpc) is 4.16. The third kappa shape index (κ3) is 13.6. The molecule has 1 saturated carbocycles. The van der Waals surface area contributed by atoms with Gasteiger partial charge in [-0.3, -0.25) is 9.59 Å². The van der Waals surface area contributed by atoms with Crippen LogP contribution >= 0.6 is 0 Å². The van der Waals surface area contributed by atoms with Crippen molar-refractivity contribution in [2.75, 3.05) is 52.9 Å². The molecule has 2 bridgehead atoms. The van der Waals surface area contributed by atoms with Crippen LogP contribution in [0.3, 0.4) is 0 Å². The highest BCUT2D eigenvalue weighted by molar-refractivity contribution is 5.76. The molecule has 7 rings (SSSR count). The van der Waals surface area contributed by atoms with Crippen LogP contribution in [0.4, 0.5) is 0 Å². The summed E-state index contributed by atoms with van der Waals surface area (Å²) in [5.41, 5.74) is 4.22. The Kier molecular flexibility index (Phi) is 15.7. The normalized spacial score (nSPS) is 19.9. The van der Waals surface area contributed by atoms with Gasteiger partial charge in [0.25, 0.3) is 0 Å². The van der Waals surface area contributed by atoms with Crippen LogP contribution in [0.15, 0.2) is 60.7 Å². The van der Waals surface area contributed by atoms with E-state index in [1.165, 1.54) is 0 Å². The summed E-state index contributed by atoms with van der Waals surface area (Å²) in [6, 6.07) is 19.6. The highest BCUT2D eigenvalue weighted by Crippen LogP contribution is 2.58. The fourth-order valence-corrected chi connectivity index (χ4v) is 7.92. The van der Waals surface area contributed by atoms with Crippen LogP contribution in [0.5, 0.6) is 23.0 Å². The van der Waals surface area contributed by atoms with E-state index in [1.54, 1.807) is 0 Å². The number of hydrogen-bond acceptors (Lipinski definition) is 10. The van der Waals surface area contributed by atoms with Crippen LogP contribution in [0, 0.1) is 0 Å². The highest BCUT2D eigenvalue weighted by Gasteiger charge is 2.42. The number of hydrogen-bond donors (Lipinski definition) is 0. The molecule has 308 valence electrons. The zero-order chi connectivity index (χ0) is 39.1. The summed E-state index contributed by atoms with van der Waals surface area (Å²) in [6.07, 6.45) is 14.2. The van der Waals surface area contributed by atoms with Crippen LogP contribution < -0.4 is 18.9 Å². The van der Waals surface area contributed by atoms with Gasteiger partial charge in [0.15, 0.2) is 0 Å². The predicted molar refractivity (Wildman–Crippen MR) is 216 cm³/mol. The lowest BCUT2D eigenvalue weighted by molar-refractivity contribution is -0.135. The number of unbranched alkanes of at least 4 members (excludes halogenated alkanes) is 6. The van der Waals surface area contributed by atoms with Crippen molar-refractivity contribution >= 4 is 11.9 Å². The Labute approximate surface area is 337 Å². The Morgan fingerprint density at radius 1 is 0.526 bits per heavy atom. The van der Waals surface area contributed by atoms with Crippen LogP contribution in [-0.4, -0.2) is 77.0 Å². The van der Waals surface area contributed by atoms with Crippen LogP contribution in [0.2, 0.25) is 0 Å². The maximum Gasteiger partial charge on any atom is 0.311 e. The first-order valence-electron chi connectivity index (χ1n) is 21.5. The molecular formula is C47H60O10. The third-order valence-electron chi connectivity index (χ3n) is 11.3. The molecule has 0 amide bonds. The van der Waals surface area contributed by atoms with Crippen molar-refractivity contribution < 1.29 is 47.5 Å². The molecule has 2 saturated heterocycles. The van der Waals surface area contributed by atoms with Crippen molar-refractivity contribution in [3.05, 3.63) is 82.9 Å². The van der Waals surface area contributed by atoms with E-state index in [1.807, 2.05) is 60.7 Å². The first kappa shape index (κ1) is 41.2. The molecule has 57 heavy (non-hydrogen) atoms.